The van der Waals surface area contributed by atoms with Gasteiger partial charge in [-0.3, -0.25) is 0 Å². The summed E-state index contributed by atoms with van der Waals surface area (Å²) in [6.07, 6.45) is 12.6. The minimum absolute atomic E-state index is 0.0320. The van der Waals surface area contributed by atoms with Gasteiger partial charge in [-0.1, -0.05) is 19.3 Å². The van der Waals surface area contributed by atoms with Crippen molar-refractivity contribution < 1.29 is 5.11 Å². The van der Waals surface area contributed by atoms with E-state index in [-0.39, 0.29) is 6.10 Å². The van der Waals surface area contributed by atoms with E-state index in [1.807, 2.05) is 0 Å². The summed E-state index contributed by atoms with van der Waals surface area (Å²) in [7, 11) is 2.30. The van der Waals surface area contributed by atoms with Crippen LogP contribution in [0, 0.1) is 0 Å². The second-order valence-electron chi connectivity index (χ2n) is 6.59. The highest BCUT2D eigenvalue weighted by atomic mass is 16.3. The van der Waals surface area contributed by atoms with Crippen molar-refractivity contribution in [3.63, 3.8) is 0 Å². The summed E-state index contributed by atoms with van der Waals surface area (Å²) in [6, 6.07) is 1.50. The first-order valence-corrected chi connectivity index (χ1v) is 8.37. The highest BCUT2D eigenvalue weighted by molar-refractivity contribution is 4.77. The zero-order chi connectivity index (χ0) is 13.5. The molecular weight excluding hydrogens is 236 g/mol. The summed E-state index contributed by atoms with van der Waals surface area (Å²) in [5.41, 5.74) is 0. The largest absolute Gasteiger partial charge is 0.393 e. The first-order chi connectivity index (χ1) is 9.25. The van der Waals surface area contributed by atoms with Crippen molar-refractivity contribution in [3.8, 4) is 0 Å². The van der Waals surface area contributed by atoms with Gasteiger partial charge >= 0.3 is 0 Å². The Morgan fingerprint density at radius 2 is 1.68 bits per heavy atom. The fourth-order valence-electron chi connectivity index (χ4n) is 3.62. The molecule has 3 heteroatoms. The molecule has 0 aromatic heterocycles. The van der Waals surface area contributed by atoms with Gasteiger partial charge in [0.1, 0.15) is 0 Å². The molecule has 0 atom stereocenters. The second-order valence-corrected chi connectivity index (χ2v) is 6.59. The lowest BCUT2D eigenvalue weighted by atomic mass is 9.93. The molecule has 0 heterocycles. The Labute approximate surface area is 118 Å². The van der Waals surface area contributed by atoms with Crippen molar-refractivity contribution >= 4 is 0 Å². The van der Waals surface area contributed by atoms with E-state index in [1.165, 1.54) is 45.1 Å². The summed E-state index contributed by atoms with van der Waals surface area (Å²) in [5.74, 6) is 0. The first-order valence-electron chi connectivity index (χ1n) is 8.37. The molecule has 2 aliphatic carbocycles. The summed E-state index contributed by atoms with van der Waals surface area (Å²) in [5, 5.41) is 13.1. The maximum atomic E-state index is 9.48. The van der Waals surface area contributed by atoms with E-state index in [9.17, 15) is 5.11 Å². The number of hydrogen-bond donors (Lipinski definition) is 2. The van der Waals surface area contributed by atoms with Crippen molar-refractivity contribution in [2.45, 2.75) is 82.4 Å². The van der Waals surface area contributed by atoms with Crippen molar-refractivity contribution in [3.05, 3.63) is 0 Å². The third kappa shape index (κ3) is 5.41. The maximum Gasteiger partial charge on any atom is 0.0541 e. The summed E-state index contributed by atoms with van der Waals surface area (Å²) in [6.45, 7) is 2.37. The van der Waals surface area contributed by atoms with E-state index >= 15 is 0 Å². The standard InChI is InChI=1S/C16H32N2O/c1-18(15-6-3-2-4-7-15)13-5-12-17-14-8-10-16(19)11-9-14/h14-17,19H,2-13H2,1H3. The van der Waals surface area contributed by atoms with E-state index in [4.69, 9.17) is 0 Å². The lowest BCUT2D eigenvalue weighted by Crippen LogP contribution is -2.38. The minimum Gasteiger partial charge on any atom is -0.393 e. The summed E-state index contributed by atoms with van der Waals surface area (Å²) in [4.78, 5) is 2.57. The van der Waals surface area contributed by atoms with Gasteiger partial charge in [-0.2, -0.15) is 0 Å². The number of nitrogens with one attached hydrogen (secondary N) is 1. The number of nitrogens with zero attached hydrogens (tertiary/aromatic N) is 1. The Balaban J connectivity index is 1.51. The van der Waals surface area contributed by atoms with Crippen LogP contribution in [0.3, 0.4) is 0 Å². The Kier molecular flexibility index (Phi) is 6.62. The van der Waals surface area contributed by atoms with Gasteiger partial charge in [-0.05, 0) is 65.1 Å². The van der Waals surface area contributed by atoms with E-state index in [0.717, 1.165) is 38.3 Å². The molecule has 0 radical (unpaired) electrons. The second kappa shape index (κ2) is 8.23. The van der Waals surface area contributed by atoms with Crippen molar-refractivity contribution in [2.24, 2.45) is 0 Å². The van der Waals surface area contributed by atoms with Gasteiger partial charge < -0.3 is 15.3 Å². The molecule has 0 aromatic rings. The van der Waals surface area contributed by atoms with Crippen LogP contribution in [0.15, 0.2) is 0 Å². The lowest BCUT2D eigenvalue weighted by molar-refractivity contribution is 0.116. The lowest BCUT2D eigenvalue weighted by Gasteiger charge is -2.31. The molecule has 0 bridgehead atoms. The molecule has 0 saturated heterocycles. The van der Waals surface area contributed by atoms with E-state index in [2.05, 4.69) is 17.3 Å². The van der Waals surface area contributed by atoms with Gasteiger partial charge in [-0.25, -0.2) is 0 Å². The molecule has 2 fully saturated rings. The fourth-order valence-corrected chi connectivity index (χ4v) is 3.62. The molecule has 19 heavy (non-hydrogen) atoms. The monoisotopic (exact) mass is 268 g/mol. The summed E-state index contributed by atoms with van der Waals surface area (Å²) < 4.78 is 0. The van der Waals surface area contributed by atoms with Crippen LogP contribution in [-0.4, -0.2) is 48.3 Å². The average molecular weight is 268 g/mol. The molecule has 0 unspecified atom stereocenters. The number of rotatable bonds is 6. The van der Waals surface area contributed by atoms with Crippen molar-refractivity contribution in [1.29, 1.82) is 0 Å². The van der Waals surface area contributed by atoms with Crippen molar-refractivity contribution in [2.75, 3.05) is 20.1 Å². The fraction of sp³-hybridized carbons (Fsp3) is 1.00. The Morgan fingerprint density at radius 3 is 2.37 bits per heavy atom. The predicted octanol–water partition coefficient (Wildman–Crippen LogP) is 2.53. The van der Waals surface area contributed by atoms with Crippen LogP contribution in [0.1, 0.15) is 64.2 Å². The normalized spacial score (nSPS) is 29.8. The molecule has 112 valence electrons. The Morgan fingerprint density at radius 1 is 1.00 bits per heavy atom. The third-order valence-corrected chi connectivity index (χ3v) is 5.02. The SMILES string of the molecule is CN(CCCNC1CCC(O)CC1)C1CCCCC1. The quantitative estimate of drug-likeness (QED) is 0.727. The van der Waals surface area contributed by atoms with Gasteiger partial charge in [0, 0.05) is 12.1 Å². The molecular formula is C16H32N2O. The molecule has 2 aliphatic rings. The molecule has 2 N–H and O–H groups in total. The third-order valence-electron chi connectivity index (χ3n) is 5.02. The topological polar surface area (TPSA) is 35.5 Å². The van der Waals surface area contributed by atoms with Crippen molar-refractivity contribution in [1.82, 2.24) is 10.2 Å². The van der Waals surface area contributed by atoms with E-state index in [1.54, 1.807) is 0 Å². The van der Waals surface area contributed by atoms with Crippen LogP contribution in [0.25, 0.3) is 0 Å². The number of aliphatic hydroxyl groups excluding tert-OH is 1. The Hall–Kier alpha value is -0.120. The van der Waals surface area contributed by atoms with Gasteiger partial charge in [0.2, 0.25) is 0 Å². The zero-order valence-electron chi connectivity index (χ0n) is 12.6. The van der Waals surface area contributed by atoms with E-state index in [0.29, 0.717) is 6.04 Å². The first kappa shape index (κ1) is 15.3. The average Bonchev–Trinajstić information content (AvgIpc) is 2.46. The van der Waals surface area contributed by atoms with Gasteiger partial charge in [-0.15, -0.1) is 0 Å². The van der Waals surface area contributed by atoms with Gasteiger partial charge in [0.05, 0.1) is 6.10 Å². The summed E-state index contributed by atoms with van der Waals surface area (Å²) >= 11 is 0. The molecule has 0 amide bonds. The van der Waals surface area contributed by atoms with Crippen LogP contribution >= 0.6 is 0 Å². The minimum atomic E-state index is -0.0320. The van der Waals surface area contributed by atoms with Gasteiger partial charge in [0.25, 0.3) is 0 Å². The molecule has 0 aromatic carbocycles. The van der Waals surface area contributed by atoms with E-state index < -0.39 is 0 Å². The zero-order valence-corrected chi connectivity index (χ0v) is 12.6. The molecule has 0 spiro atoms. The maximum absolute atomic E-state index is 9.48. The van der Waals surface area contributed by atoms with Gasteiger partial charge in [0.15, 0.2) is 0 Å². The molecule has 2 rings (SSSR count). The predicted molar refractivity (Wildman–Crippen MR) is 80.4 cm³/mol. The Bertz CT molecular complexity index is 233. The van der Waals surface area contributed by atoms with Crippen LogP contribution in [-0.2, 0) is 0 Å². The number of aliphatic hydroxyl groups is 1. The van der Waals surface area contributed by atoms with Crippen LogP contribution in [0.2, 0.25) is 0 Å². The van der Waals surface area contributed by atoms with Crippen LogP contribution in [0.5, 0.6) is 0 Å². The number of hydrogen-bond acceptors (Lipinski definition) is 3. The van der Waals surface area contributed by atoms with Crippen LogP contribution in [0.4, 0.5) is 0 Å². The smallest absolute Gasteiger partial charge is 0.0541 e. The molecule has 2 saturated carbocycles. The van der Waals surface area contributed by atoms with Crippen LogP contribution < -0.4 is 5.32 Å². The molecule has 0 aliphatic heterocycles. The molecule has 3 nitrogen and oxygen atoms in total. The highest BCUT2D eigenvalue weighted by Gasteiger charge is 2.19. The highest BCUT2D eigenvalue weighted by Crippen LogP contribution is 2.21.